The van der Waals surface area contributed by atoms with Crippen LogP contribution in [0.1, 0.15) is 78.6 Å². The lowest BCUT2D eigenvalue weighted by molar-refractivity contribution is -0.137. The zero-order valence-corrected chi connectivity index (χ0v) is 51.2. The van der Waals surface area contributed by atoms with Gasteiger partial charge in [-0.15, -0.1) is 0 Å². The SMILES string of the molecule is CCn1ncc(S(=O)(=O)n2cc(C3=CCN(C)CC3)c3ccccc32)c1C.Cc1c(S(=O)(=O)n2cc(C3=CCN(C)CC3)c3cc(C(F)(F)F)ccc32)cnn1C(F)F.Cc1c(S(=O)(=O)n2cc(C3=CCN(C)CC3)c3cc(F)ccc32)cnn1C(F)F. The Labute approximate surface area is 502 Å². The van der Waals surface area contributed by atoms with Crippen molar-refractivity contribution in [3.8, 4) is 0 Å². The number of likely N-dealkylation sites (N-methyl/N-ethyl adjacent to an activating group) is 3. The summed E-state index contributed by atoms with van der Waals surface area (Å²) in [7, 11) is -6.37. The first-order valence-electron chi connectivity index (χ1n) is 27.7. The number of aryl methyl sites for hydroxylation is 1. The number of hydrogen-bond donors (Lipinski definition) is 0. The molecule has 9 heterocycles. The normalized spacial score (nSPS) is 16.1. The van der Waals surface area contributed by atoms with E-state index in [4.69, 9.17) is 0 Å². The number of nitrogens with zero attached hydrogens (tertiary/aromatic N) is 12. The molecule has 0 N–H and O–H groups in total. The van der Waals surface area contributed by atoms with Crippen LogP contribution >= 0.6 is 0 Å². The lowest BCUT2D eigenvalue weighted by atomic mass is 9.98. The summed E-state index contributed by atoms with van der Waals surface area (Å²) in [5.41, 5.74) is 5.18. The fraction of sp³-hybridized carbons (Fsp3) is 0.339. The van der Waals surface area contributed by atoms with Crippen LogP contribution < -0.4 is 0 Å². The predicted molar refractivity (Wildman–Crippen MR) is 318 cm³/mol. The van der Waals surface area contributed by atoms with Crippen LogP contribution in [-0.2, 0) is 42.8 Å². The van der Waals surface area contributed by atoms with Crippen LogP contribution in [0.4, 0.5) is 35.1 Å². The van der Waals surface area contributed by atoms with E-state index in [1.54, 1.807) is 17.8 Å². The van der Waals surface area contributed by atoms with Gasteiger partial charge in [0.05, 0.1) is 57.8 Å². The number of halogens is 8. The predicted octanol–water partition coefficient (Wildman–Crippen LogP) is 11.3. The van der Waals surface area contributed by atoms with Crippen LogP contribution in [0, 0.1) is 26.6 Å². The van der Waals surface area contributed by atoms with Crippen LogP contribution in [-0.4, -0.2) is 142 Å². The molecule has 0 aliphatic carbocycles. The monoisotopic (exact) mass is 1280 g/mol. The Hall–Kier alpha value is -7.70. The summed E-state index contributed by atoms with van der Waals surface area (Å²) in [4.78, 5) is 5.88. The van der Waals surface area contributed by atoms with Gasteiger partial charge >= 0.3 is 19.3 Å². The van der Waals surface area contributed by atoms with Crippen molar-refractivity contribution in [2.24, 2.45) is 0 Å². The second-order valence-electron chi connectivity index (χ2n) is 21.7. The first kappa shape index (κ1) is 63.3. The maximum Gasteiger partial charge on any atom is 0.416 e. The molecule has 0 saturated heterocycles. The molecule has 3 aliphatic rings. The van der Waals surface area contributed by atoms with Crippen molar-refractivity contribution in [3.63, 3.8) is 0 Å². The molecule has 0 unspecified atom stereocenters. The maximum absolute atomic E-state index is 13.9. The van der Waals surface area contributed by atoms with Gasteiger partial charge in [-0.1, -0.05) is 36.4 Å². The number of benzene rings is 3. The van der Waals surface area contributed by atoms with Crippen molar-refractivity contribution in [2.75, 3.05) is 60.4 Å². The van der Waals surface area contributed by atoms with Gasteiger partial charge in [-0.05, 0) is 127 Å². The molecule has 468 valence electrons. The fourth-order valence-corrected chi connectivity index (χ4v) is 15.7. The summed E-state index contributed by atoms with van der Waals surface area (Å²) < 4.78 is 192. The number of para-hydroxylation sites is 1. The molecule has 18 nitrogen and oxygen atoms in total. The van der Waals surface area contributed by atoms with Gasteiger partial charge in [-0.2, -0.15) is 46.0 Å². The molecule has 0 bridgehead atoms. The number of fused-ring (bicyclic) bond motifs is 3. The third-order valence-corrected chi connectivity index (χ3v) is 21.5. The highest BCUT2D eigenvalue weighted by Gasteiger charge is 2.35. The number of alkyl halides is 7. The molecule has 0 saturated carbocycles. The average molecular weight is 1280 g/mol. The summed E-state index contributed by atoms with van der Waals surface area (Å²) in [5, 5.41) is 12.7. The minimum Gasteiger partial charge on any atom is -0.302 e. The minimum absolute atomic E-state index is 0.0250. The van der Waals surface area contributed by atoms with E-state index in [1.165, 1.54) is 60.2 Å². The van der Waals surface area contributed by atoms with Gasteiger partial charge in [0.2, 0.25) is 0 Å². The van der Waals surface area contributed by atoms with Crippen molar-refractivity contribution in [2.45, 2.75) is 87.5 Å². The third kappa shape index (κ3) is 11.9. The van der Waals surface area contributed by atoms with Gasteiger partial charge in [0, 0.05) is 97.3 Å². The van der Waals surface area contributed by atoms with Gasteiger partial charge in [-0.25, -0.2) is 50.9 Å². The van der Waals surface area contributed by atoms with E-state index in [0.29, 0.717) is 71.4 Å². The zero-order chi connectivity index (χ0) is 63.5. The standard InChI is InChI=1S/C20H19F5N4O2S.C20H24N4O2S.C19H19F3N4O2S/c1-12-18(10-26-29(12)19(21)22)32(30,31)28-11-16(13-5-7-27(2)8-6-13)15-9-14(20(23,24)25)3-4-17(15)28;1-4-23-15(2)20(13-21-23)27(25,26)24-14-18(16-9-11-22(3)12-10-16)17-7-5-6-8-19(17)24;1-12-18(10-23-26(12)19(21)22)29(27,28)25-11-16(13-5-7-24(2)8-6-13)15-9-14(20)3-4-17(15)25/h3-5,9-11,19H,6-8H2,1-2H3;5-9,13-14H,4,10-12H2,1-3H3;3-5,9-11,19H,6-8H2,1-2H3. The van der Waals surface area contributed by atoms with Crippen molar-refractivity contribution >= 4 is 79.5 Å². The Morgan fingerprint density at radius 1 is 0.511 bits per heavy atom. The Balaban J connectivity index is 0.000000146. The highest BCUT2D eigenvalue weighted by molar-refractivity contribution is 7.90. The maximum atomic E-state index is 13.9. The van der Waals surface area contributed by atoms with E-state index in [9.17, 15) is 60.4 Å². The van der Waals surface area contributed by atoms with Gasteiger partial charge in [-0.3, -0.25) is 4.68 Å². The van der Waals surface area contributed by atoms with Gasteiger partial charge < -0.3 is 14.7 Å². The highest BCUT2D eigenvalue weighted by atomic mass is 32.2. The Kier molecular flexibility index (Phi) is 17.5. The van der Waals surface area contributed by atoms with E-state index in [0.717, 1.165) is 86.7 Å². The van der Waals surface area contributed by atoms with Crippen molar-refractivity contribution in [1.29, 1.82) is 0 Å². The van der Waals surface area contributed by atoms with E-state index in [1.807, 2.05) is 62.3 Å². The van der Waals surface area contributed by atoms with E-state index in [-0.39, 0.29) is 42.3 Å². The lowest BCUT2D eigenvalue weighted by Crippen LogP contribution is -2.23. The average Bonchev–Trinajstić information content (AvgIpc) is 1.98. The first-order chi connectivity index (χ1) is 41.5. The van der Waals surface area contributed by atoms with Gasteiger partial charge in [0.15, 0.2) is 0 Å². The summed E-state index contributed by atoms with van der Waals surface area (Å²) in [6.45, 7) is 5.44. The summed E-state index contributed by atoms with van der Waals surface area (Å²) >= 11 is 0. The molecule has 0 spiro atoms. The lowest BCUT2D eigenvalue weighted by Gasteiger charge is -2.21. The molecule has 3 aliphatic heterocycles. The quantitative estimate of drug-likeness (QED) is 0.106. The summed E-state index contributed by atoms with van der Waals surface area (Å²) in [5.74, 6) is -0.482. The van der Waals surface area contributed by atoms with E-state index in [2.05, 4.69) is 38.2 Å². The van der Waals surface area contributed by atoms with Gasteiger partial charge in [0.25, 0.3) is 30.1 Å². The topological polar surface area (TPSA) is 180 Å². The number of hydrogen-bond acceptors (Lipinski definition) is 12. The second kappa shape index (κ2) is 24.4. The molecule has 12 rings (SSSR count). The summed E-state index contributed by atoms with van der Waals surface area (Å²) in [6.07, 6.45) is 11.2. The molecule has 3 aromatic carbocycles. The number of rotatable bonds is 12. The Morgan fingerprint density at radius 2 is 0.898 bits per heavy atom. The summed E-state index contributed by atoms with van der Waals surface area (Å²) in [6, 6.07) is 14.4. The molecule has 6 aromatic heterocycles. The molecule has 29 heteroatoms. The largest absolute Gasteiger partial charge is 0.416 e. The van der Waals surface area contributed by atoms with E-state index < -0.39 is 65.6 Å². The molecule has 0 atom stereocenters. The van der Waals surface area contributed by atoms with Crippen molar-refractivity contribution < 1.29 is 60.4 Å². The third-order valence-electron chi connectivity index (χ3n) is 16.1. The highest BCUT2D eigenvalue weighted by Crippen LogP contribution is 2.40. The van der Waals surface area contributed by atoms with Crippen molar-refractivity contribution in [1.82, 2.24) is 56.0 Å². The van der Waals surface area contributed by atoms with Crippen LogP contribution in [0.5, 0.6) is 0 Å². The molecule has 0 fully saturated rings. The number of aromatic nitrogens is 9. The van der Waals surface area contributed by atoms with Gasteiger partial charge in [0.1, 0.15) is 20.5 Å². The molecule has 0 amide bonds. The second-order valence-corrected chi connectivity index (χ2v) is 27.1. The molecule has 0 radical (unpaired) electrons. The molecular formula is C59H62F8N12O6S3. The van der Waals surface area contributed by atoms with Crippen LogP contribution in [0.2, 0.25) is 0 Å². The van der Waals surface area contributed by atoms with Crippen LogP contribution in [0.3, 0.4) is 0 Å². The van der Waals surface area contributed by atoms with Crippen LogP contribution in [0.15, 0.2) is 131 Å². The minimum atomic E-state index is -4.61. The first-order valence-corrected chi connectivity index (χ1v) is 32.1. The smallest absolute Gasteiger partial charge is 0.302 e. The van der Waals surface area contributed by atoms with E-state index >= 15 is 0 Å². The molecular weight excluding hydrogens is 1220 g/mol. The van der Waals surface area contributed by atoms with Crippen molar-refractivity contribution in [3.05, 3.63) is 161 Å². The Morgan fingerprint density at radius 3 is 1.28 bits per heavy atom. The molecule has 9 aromatic rings. The molecule has 88 heavy (non-hydrogen) atoms. The van der Waals surface area contributed by atoms with Crippen LogP contribution in [0.25, 0.3) is 49.4 Å². The Bertz CT molecular complexity index is 4610. The zero-order valence-electron chi connectivity index (χ0n) is 48.8. The fourth-order valence-electron chi connectivity index (χ4n) is 11.1.